The number of nitrogens with zero attached hydrogens (tertiary/aromatic N) is 2. The van der Waals surface area contributed by atoms with Gasteiger partial charge in [-0.05, 0) is 36.8 Å². The number of alkyl halides is 3. The summed E-state index contributed by atoms with van der Waals surface area (Å²) in [6, 6.07) is 8.41. The van der Waals surface area contributed by atoms with Crippen molar-refractivity contribution in [3.05, 3.63) is 46.6 Å². The van der Waals surface area contributed by atoms with Crippen LogP contribution in [0.4, 0.5) is 34.6 Å². The molecule has 0 amide bonds. The lowest BCUT2D eigenvalue weighted by Gasteiger charge is -2.33. The van der Waals surface area contributed by atoms with E-state index in [1.165, 1.54) is 17.4 Å². The maximum atomic E-state index is 15.1. The quantitative estimate of drug-likeness (QED) is 0.167. The summed E-state index contributed by atoms with van der Waals surface area (Å²) in [5.41, 5.74) is 1.62. The molecule has 2 aliphatic rings. The number of β-amino-alcohol motifs (C(OH)–C–C–N with tert-alkyl or cyclic N) is 1. The molecular weight excluding hydrogens is 624 g/mol. The Morgan fingerprint density at radius 1 is 1.13 bits per heavy atom. The van der Waals surface area contributed by atoms with Crippen LogP contribution in [-0.4, -0.2) is 99.1 Å². The monoisotopic (exact) mass is 664 g/mol. The lowest BCUT2D eigenvalue weighted by molar-refractivity contribution is -0.126. The predicted molar refractivity (Wildman–Crippen MR) is 174 cm³/mol. The van der Waals surface area contributed by atoms with E-state index in [1.54, 1.807) is 25.1 Å². The second-order valence-electron chi connectivity index (χ2n) is 11.6. The van der Waals surface area contributed by atoms with E-state index in [4.69, 9.17) is 9.47 Å². The molecule has 2 saturated heterocycles. The minimum atomic E-state index is -4.42. The molecule has 1 aromatic heterocycles. The molecule has 8 nitrogen and oxygen atoms in total. The summed E-state index contributed by atoms with van der Waals surface area (Å²) in [7, 11) is 0. The van der Waals surface area contributed by atoms with Crippen LogP contribution in [0.3, 0.4) is 0 Å². The molecule has 2 aliphatic heterocycles. The molecule has 3 heterocycles. The van der Waals surface area contributed by atoms with Crippen molar-refractivity contribution in [1.29, 1.82) is 0 Å². The molecule has 0 aliphatic carbocycles. The Morgan fingerprint density at radius 2 is 1.89 bits per heavy atom. The van der Waals surface area contributed by atoms with Crippen LogP contribution in [0, 0.1) is 17.7 Å². The lowest BCUT2D eigenvalue weighted by atomic mass is 10.0. The predicted octanol–water partition coefficient (Wildman–Crippen LogP) is 5.07. The zero-order chi connectivity index (χ0) is 32.7. The van der Waals surface area contributed by atoms with Gasteiger partial charge >= 0.3 is 6.18 Å². The van der Waals surface area contributed by atoms with Gasteiger partial charge in [0.15, 0.2) is 0 Å². The summed E-state index contributed by atoms with van der Waals surface area (Å²) in [4.78, 5) is 4.41. The number of piperidine rings is 1. The van der Waals surface area contributed by atoms with Crippen molar-refractivity contribution in [3.8, 4) is 17.6 Å². The van der Waals surface area contributed by atoms with Crippen molar-refractivity contribution < 1.29 is 37.2 Å². The first-order valence-electron chi connectivity index (χ1n) is 15.5. The largest absolute Gasteiger partial charge is 0.489 e. The number of thiophene rings is 1. The number of rotatable bonds is 11. The summed E-state index contributed by atoms with van der Waals surface area (Å²) < 4.78 is 68.0. The standard InChI is InChI=1S/C33H40F4N4O4S/c1-22(43)21-40-10-7-23(8-11-40)39-27-5-2-4-24-25(20-33(35,36)37)31(46-32(24)27)6-3-9-38-28-18-26(34)29(19-30(28)45-17-14-42)41-12-15-44-16-13-41/h2,4-5,18-19,22-23,38-39,42-43H,7-17,20-21H2,1H3. The highest BCUT2D eigenvalue weighted by atomic mass is 32.1. The van der Waals surface area contributed by atoms with Crippen LogP contribution < -0.4 is 20.3 Å². The van der Waals surface area contributed by atoms with Gasteiger partial charge in [-0.3, -0.25) is 0 Å². The summed E-state index contributed by atoms with van der Waals surface area (Å²) in [5.74, 6) is 5.74. The molecule has 13 heteroatoms. The Kier molecular flexibility index (Phi) is 11.5. The highest BCUT2D eigenvalue weighted by Crippen LogP contribution is 2.40. The van der Waals surface area contributed by atoms with Gasteiger partial charge in [-0.25, -0.2) is 4.39 Å². The molecule has 4 N–H and O–H groups in total. The van der Waals surface area contributed by atoms with Crippen LogP contribution in [0.1, 0.15) is 30.2 Å². The minimum Gasteiger partial charge on any atom is -0.489 e. The molecule has 0 saturated carbocycles. The van der Waals surface area contributed by atoms with Gasteiger partial charge in [-0.1, -0.05) is 24.0 Å². The maximum absolute atomic E-state index is 15.1. The Labute approximate surface area is 270 Å². The fourth-order valence-corrected chi connectivity index (χ4v) is 7.05. The zero-order valence-corrected chi connectivity index (χ0v) is 26.6. The molecular formula is C33H40F4N4O4S. The Balaban J connectivity index is 1.35. The van der Waals surface area contributed by atoms with Gasteiger partial charge in [0.25, 0.3) is 0 Å². The number of halogens is 4. The summed E-state index contributed by atoms with van der Waals surface area (Å²) >= 11 is 1.23. The third-order valence-corrected chi connectivity index (χ3v) is 9.18. The van der Waals surface area contributed by atoms with Gasteiger partial charge in [0.05, 0.1) is 65.5 Å². The number of nitrogens with one attached hydrogen (secondary N) is 2. The molecule has 0 radical (unpaired) electrons. The second kappa shape index (κ2) is 15.5. The van der Waals surface area contributed by atoms with Crippen LogP contribution in [0.2, 0.25) is 0 Å². The molecule has 1 atom stereocenters. The third-order valence-electron chi connectivity index (χ3n) is 7.98. The van der Waals surface area contributed by atoms with Crippen molar-refractivity contribution in [1.82, 2.24) is 4.90 Å². The SMILES string of the molecule is CC(O)CN1CCC(Nc2cccc3c(CC(F)(F)F)c(C#CCNc4cc(F)c(N5CCOCC5)cc4OCCO)sc23)CC1. The number of hydrogen-bond donors (Lipinski definition) is 4. The first-order valence-corrected chi connectivity index (χ1v) is 16.3. The number of hydrogen-bond acceptors (Lipinski definition) is 9. The minimum absolute atomic E-state index is 0.00841. The number of ether oxygens (including phenoxy) is 2. The molecule has 5 rings (SSSR count). The summed E-state index contributed by atoms with van der Waals surface area (Å²) in [5, 5.41) is 26.1. The molecule has 0 spiro atoms. The van der Waals surface area contributed by atoms with E-state index in [0.717, 1.165) is 36.3 Å². The van der Waals surface area contributed by atoms with E-state index in [9.17, 15) is 23.4 Å². The number of anilines is 3. The van der Waals surface area contributed by atoms with Gasteiger partial charge in [-0.2, -0.15) is 13.2 Å². The number of fused-ring (bicyclic) bond motifs is 1. The number of aliphatic hydroxyl groups is 2. The molecule has 3 aromatic rings. The molecule has 2 fully saturated rings. The van der Waals surface area contributed by atoms with Crippen LogP contribution in [0.25, 0.3) is 10.1 Å². The topological polar surface area (TPSA) is 89.5 Å². The van der Waals surface area contributed by atoms with E-state index >= 15 is 4.39 Å². The van der Waals surface area contributed by atoms with E-state index in [-0.39, 0.29) is 31.4 Å². The van der Waals surface area contributed by atoms with Gasteiger partial charge in [0.2, 0.25) is 0 Å². The Bertz CT molecular complexity index is 1520. The highest BCUT2D eigenvalue weighted by Gasteiger charge is 2.31. The van der Waals surface area contributed by atoms with Crippen LogP contribution in [0.5, 0.6) is 5.75 Å². The van der Waals surface area contributed by atoms with Gasteiger partial charge in [0.1, 0.15) is 18.2 Å². The first-order chi connectivity index (χ1) is 22.1. The maximum Gasteiger partial charge on any atom is 0.393 e. The smallest absolute Gasteiger partial charge is 0.393 e. The second-order valence-corrected chi connectivity index (χ2v) is 12.6. The van der Waals surface area contributed by atoms with Crippen molar-refractivity contribution in [2.24, 2.45) is 0 Å². The third kappa shape index (κ3) is 8.95. The van der Waals surface area contributed by atoms with Gasteiger partial charge in [0, 0.05) is 50.9 Å². The molecule has 250 valence electrons. The Hall–Kier alpha value is -3.28. The lowest BCUT2D eigenvalue weighted by Crippen LogP contribution is -2.41. The number of aliphatic hydroxyl groups excluding tert-OH is 2. The fraction of sp³-hybridized carbons (Fsp3) is 0.515. The van der Waals surface area contributed by atoms with Crippen molar-refractivity contribution >= 4 is 38.5 Å². The van der Waals surface area contributed by atoms with Crippen LogP contribution in [-0.2, 0) is 11.2 Å². The van der Waals surface area contributed by atoms with Crippen LogP contribution >= 0.6 is 11.3 Å². The van der Waals surface area contributed by atoms with Crippen molar-refractivity contribution in [2.75, 3.05) is 81.2 Å². The van der Waals surface area contributed by atoms with Crippen molar-refractivity contribution in [3.63, 3.8) is 0 Å². The number of benzene rings is 2. The van der Waals surface area contributed by atoms with E-state index in [1.807, 2.05) is 11.0 Å². The number of likely N-dealkylation sites (tertiary alicyclic amines) is 1. The first kappa shape index (κ1) is 34.1. The van der Waals surface area contributed by atoms with E-state index in [0.29, 0.717) is 60.2 Å². The Morgan fingerprint density at radius 3 is 2.59 bits per heavy atom. The summed E-state index contributed by atoms with van der Waals surface area (Å²) in [6.07, 6.45) is -4.18. The van der Waals surface area contributed by atoms with E-state index < -0.39 is 24.5 Å². The summed E-state index contributed by atoms with van der Waals surface area (Å²) in [6.45, 7) is 5.90. The zero-order valence-electron chi connectivity index (χ0n) is 25.8. The average molecular weight is 665 g/mol. The van der Waals surface area contributed by atoms with E-state index in [2.05, 4.69) is 27.4 Å². The molecule has 2 aromatic carbocycles. The molecule has 46 heavy (non-hydrogen) atoms. The number of morpholine rings is 1. The van der Waals surface area contributed by atoms with Gasteiger partial charge in [-0.15, -0.1) is 11.3 Å². The van der Waals surface area contributed by atoms with Gasteiger partial charge < -0.3 is 40.1 Å². The molecule has 0 bridgehead atoms. The highest BCUT2D eigenvalue weighted by molar-refractivity contribution is 7.20. The average Bonchev–Trinajstić information content (AvgIpc) is 3.36. The fourth-order valence-electron chi connectivity index (χ4n) is 5.88. The molecule has 1 unspecified atom stereocenters. The van der Waals surface area contributed by atoms with Crippen molar-refractivity contribution in [2.45, 2.75) is 44.5 Å². The van der Waals surface area contributed by atoms with Crippen LogP contribution in [0.15, 0.2) is 30.3 Å². The normalized spacial score (nSPS) is 17.1.